The first-order valence-corrected chi connectivity index (χ1v) is 13.1. The van der Waals surface area contributed by atoms with E-state index in [1.54, 1.807) is 26.0 Å². The molecule has 0 spiro atoms. The lowest BCUT2D eigenvalue weighted by Crippen LogP contribution is -2.32. The molecule has 1 atom stereocenters. The molecule has 3 aromatic carbocycles. The molecule has 1 aliphatic rings. The highest BCUT2D eigenvalue weighted by molar-refractivity contribution is 8.13. The van der Waals surface area contributed by atoms with E-state index < -0.39 is 6.04 Å². The average molecular weight is 516 g/mol. The summed E-state index contributed by atoms with van der Waals surface area (Å²) in [5.41, 5.74) is 7.91. The lowest BCUT2D eigenvalue weighted by molar-refractivity contribution is -0.113. The number of aryl methyl sites for hydroxylation is 3. The van der Waals surface area contributed by atoms with Gasteiger partial charge in [-0.2, -0.15) is 0 Å². The molecule has 0 bridgehead atoms. The molecule has 2 N–H and O–H groups in total. The number of carbonyl (C=O) groups is 1. The molecule has 1 aliphatic heterocycles. The average Bonchev–Trinajstić information content (AvgIpc) is 2.87. The van der Waals surface area contributed by atoms with Crippen LogP contribution in [0.2, 0.25) is 0 Å². The molecule has 4 rings (SSSR count). The monoisotopic (exact) mass is 515 g/mol. The van der Waals surface area contributed by atoms with Gasteiger partial charge in [0.1, 0.15) is 17.5 Å². The van der Waals surface area contributed by atoms with Gasteiger partial charge in [0.15, 0.2) is 5.17 Å². The molecule has 7 heteroatoms. The second kappa shape index (κ2) is 11.6. The Morgan fingerprint density at radius 2 is 1.68 bits per heavy atom. The first-order chi connectivity index (χ1) is 17.8. The van der Waals surface area contributed by atoms with Gasteiger partial charge in [-0.05, 0) is 68.7 Å². The number of aliphatic imine (C=N–C) groups is 1. The van der Waals surface area contributed by atoms with E-state index in [1.165, 1.54) is 22.3 Å². The lowest BCUT2D eigenvalue weighted by atomic mass is 9.95. The zero-order valence-corrected chi connectivity index (χ0v) is 23.0. The van der Waals surface area contributed by atoms with Gasteiger partial charge < -0.3 is 20.1 Å². The third-order valence-electron chi connectivity index (χ3n) is 6.42. The Kier molecular flexibility index (Phi) is 8.24. The lowest BCUT2D eigenvalue weighted by Gasteiger charge is -2.27. The first-order valence-electron chi connectivity index (χ1n) is 12.1. The van der Waals surface area contributed by atoms with Gasteiger partial charge in [0.25, 0.3) is 5.91 Å². The van der Waals surface area contributed by atoms with E-state index in [-0.39, 0.29) is 5.91 Å². The predicted molar refractivity (Wildman–Crippen MR) is 153 cm³/mol. The Bertz CT molecular complexity index is 1340. The molecule has 0 unspecified atom stereocenters. The maximum atomic E-state index is 13.5. The number of hydrogen-bond donors (Lipinski definition) is 2. The van der Waals surface area contributed by atoms with Gasteiger partial charge in [0.05, 0.1) is 19.8 Å². The van der Waals surface area contributed by atoms with E-state index in [0.717, 1.165) is 27.9 Å². The number of carbonyl (C=O) groups excluding carboxylic acids is 1. The Morgan fingerprint density at radius 3 is 2.32 bits per heavy atom. The summed E-state index contributed by atoms with van der Waals surface area (Å²) in [7, 11) is 3.23. The van der Waals surface area contributed by atoms with E-state index in [4.69, 9.17) is 14.5 Å². The van der Waals surface area contributed by atoms with E-state index in [1.807, 2.05) is 55.5 Å². The van der Waals surface area contributed by atoms with Gasteiger partial charge in [-0.1, -0.05) is 47.7 Å². The number of nitrogens with one attached hydrogen (secondary N) is 2. The first kappa shape index (κ1) is 26.4. The molecule has 0 saturated carbocycles. The molecular weight excluding hydrogens is 482 g/mol. The van der Waals surface area contributed by atoms with Crippen molar-refractivity contribution in [2.75, 3.05) is 19.5 Å². The van der Waals surface area contributed by atoms with Crippen LogP contribution >= 0.6 is 11.8 Å². The second-order valence-electron chi connectivity index (χ2n) is 9.09. The fourth-order valence-corrected chi connectivity index (χ4v) is 5.72. The van der Waals surface area contributed by atoms with Gasteiger partial charge in [-0.3, -0.25) is 4.79 Å². The van der Waals surface area contributed by atoms with Crippen molar-refractivity contribution in [2.45, 2.75) is 39.5 Å². The Labute approximate surface area is 223 Å². The van der Waals surface area contributed by atoms with Gasteiger partial charge in [-0.25, -0.2) is 4.99 Å². The number of nitrogens with zero attached hydrogens (tertiary/aromatic N) is 1. The number of allylic oxidation sites excluding steroid dienone is 1. The number of benzene rings is 3. The quantitative estimate of drug-likeness (QED) is 0.377. The van der Waals surface area contributed by atoms with E-state index in [0.29, 0.717) is 17.1 Å². The van der Waals surface area contributed by atoms with Crippen LogP contribution in [0.4, 0.5) is 5.69 Å². The number of hydrogen-bond acceptors (Lipinski definition) is 6. The smallest absolute Gasteiger partial charge is 0.255 e. The van der Waals surface area contributed by atoms with Crippen LogP contribution in [0, 0.1) is 20.8 Å². The Hall–Kier alpha value is -3.71. The van der Waals surface area contributed by atoms with Crippen molar-refractivity contribution in [3.8, 4) is 11.5 Å². The third-order valence-corrected chi connectivity index (χ3v) is 7.34. The van der Waals surface area contributed by atoms with Crippen LogP contribution in [-0.2, 0) is 10.5 Å². The van der Waals surface area contributed by atoms with Gasteiger partial charge in [0.2, 0.25) is 0 Å². The molecule has 1 heterocycles. The normalized spacial score (nSPS) is 15.1. The van der Waals surface area contributed by atoms with Crippen LogP contribution in [0.3, 0.4) is 0 Å². The molecule has 0 saturated heterocycles. The highest BCUT2D eigenvalue weighted by Gasteiger charge is 2.31. The minimum atomic E-state index is -0.548. The maximum Gasteiger partial charge on any atom is 0.255 e. The molecular formula is C30H33N3O3S. The van der Waals surface area contributed by atoms with Crippen LogP contribution < -0.4 is 20.1 Å². The van der Waals surface area contributed by atoms with E-state index in [9.17, 15) is 4.79 Å². The number of methoxy groups -OCH3 is 2. The largest absolute Gasteiger partial charge is 0.497 e. The van der Waals surface area contributed by atoms with Crippen molar-refractivity contribution in [1.29, 1.82) is 0 Å². The summed E-state index contributed by atoms with van der Waals surface area (Å²) in [6.45, 7) is 8.33. The molecule has 0 fully saturated rings. The summed E-state index contributed by atoms with van der Waals surface area (Å²) >= 11 is 1.63. The van der Waals surface area contributed by atoms with Crippen molar-refractivity contribution in [3.63, 3.8) is 0 Å². The molecule has 192 valence electrons. The number of para-hydroxylation sites is 1. The standard InChI is InChI=1S/C30H33N3O3S/c1-18-14-19(2)25(20(3)15-18)17-37-30-31-21(4)27(29(34)32-22-10-8-7-9-11-22)28(33-30)24-13-12-23(35-5)16-26(24)36-6/h7-16,28H,17H2,1-6H3,(H,31,33)(H,32,34)/t28-/m1/s1. The number of rotatable bonds is 7. The number of amidine groups is 1. The Balaban J connectivity index is 1.70. The summed E-state index contributed by atoms with van der Waals surface area (Å²) in [6, 6.07) is 18.9. The third kappa shape index (κ3) is 6.00. The zero-order chi connectivity index (χ0) is 26.5. The van der Waals surface area contributed by atoms with Gasteiger partial charge >= 0.3 is 0 Å². The van der Waals surface area contributed by atoms with Gasteiger partial charge in [-0.15, -0.1) is 0 Å². The summed E-state index contributed by atoms with van der Waals surface area (Å²) in [5.74, 6) is 1.85. The van der Waals surface area contributed by atoms with Crippen molar-refractivity contribution in [3.05, 3.63) is 99.8 Å². The summed E-state index contributed by atoms with van der Waals surface area (Å²) in [4.78, 5) is 18.6. The second-order valence-corrected chi connectivity index (χ2v) is 10.1. The Morgan fingerprint density at radius 1 is 0.973 bits per heavy atom. The van der Waals surface area contributed by atoms with Crippen molar-refractivity contribution < 1.29 is 14.3 Å². The highest BCUT2D eigenvalue weighted by Crippen LogP contribution is 2.39. The number of thioether (sulfide) groups is 1. The molecule has 3 aromatic rings. The highest BCUT2D eigenvalue weighted by atomic mass is 32.2. The maximum absolute atomic E-state index is 13.5. The molecule has 0 radical (unpaired) electrons. The predicted octanol–water partition coefficient (Wildman–Crippen LogP) is 6.48. The van der Waals surface area contributed by atoms with E-state index >= 15 is 0 Å². The summed E-state index contributed by atoms with van der Waals surface area (Å²) < 4.78 is 11.1. The summed E-state index contributed by atoms with van der Waals surface area (Å²) in [5, 5.41) is 7.16. The topological polar surface area (TPSA) is 72.0 Å². The molecule has 1 amide bonds. The minimum absolute atomic E-state index is 0.211. The zero-order valence-electron chi connectivity index (χ0n) is 22.1. The number of anilines is 1. The fourth-order valence-electron chi connectivity index (χ4n) is 4.58. The van der Waals surface area contributed by atoms with Gasteiger partial charge in [0, 0.05) is 28.8 Å². The number of amides is 1. The minimum Gasteiger partial charge on any atom is -0.497 e. The summed E-state index contributed by atoms with van der Waals surface area (Å²) in [6.07, 6.45) is 0. The molecule has 0 aromatic heterocycles. The molecule has 6 nitrogen and oxygen atoms in total. The fraction of sp³-hybridized carbons (Fsp3) is 0.267. The van der Waals surface area contributed by atoms with Crippen molar-refractivity contribution in [1.82, 2.24) is 5.32 Å². The molecule has 0 aliphatic carbocycles. The van der Waals surface area contributed by atoms with Crippen molar-refractivity contribution >= 4 is 28.5 Å². The van der Waals surface area contributed by atoms with E-state index in [2.05, 4.69) is 43.5 Å². The van der Waals surface area contributed by atoms with Crippen LogP contribution in [0.15, 0.2) is 76.9 Å². The SMILES string of the molecule is COc1ccc([C@H]2N=C(SCc3c(C)cc(C)cc3C)NC(C)=C2C(=O)Nc2ccccc2)c(OC)c1. The van der Waals surface area contributed by atoms with Crippen LogP contribution in [0.5, 0.6) is 11.5 Å². The number of ether oxygens (including phenoxy) is 2. The van der Waals surface area contributed by atoms with Crippen molar-refractivity contribution in [2.24, 2.45) is 4.99 Å². The van der Waals surface area contributed by atoms with Crippen LogP contribution in [0.25, 0.3) is 0 Å². The van der Waals surface area contributed by atoms with Crippen LogP contribution in [-0.4, -0.2) is 25.3 Å². The molecule has 37 heavy (non-hydrogen) atoms. The van der Waals surface area contributed by atoms with Crippen LogP contribution in [0.1, 0.15) is 40.8 Å².